The Bertz CT molecular complexity index is 502. The smallest absolute Gasteiger partial charge is 0.173 e. The van der Waals surface area contributed by atoms with Crippen LogP contribution >= 0.6 is 11.8 Å². The number of thioether (sulfide) groups is 1. The molecule has 5 nitrogen and oxygen atoms in total. The molecule has 2 rings (SSSR count). The number of oxime groups is 1. The SMILES string of the molecule is CSc1cccc(N(C)CC2CCCOC2)c1/C(N)=N/O. The predicted molar refractivity (Wildman–Crippen MR) is 87.5 cm³/mol. The van der Waals surface area contributed by atoms with E-state index in [0.717, 1.165) is 42.3 Å². The van der Waals surface area contributed by atoms with Gasteiger partial charge in [0.25, 0.3) is 0 Å². The predicted octanol–water partition coefficient (Wildman–Crippen LogP) is 2.37. The van der Waals surface area contributed by atoms with Crippen LogP contribution in [-0.2, 0) is 4.74 Å². The Hall–Kier alpha value is -1.40. The van der Waals surface area contributed by atoms with Crippen molar-refractivity contribution < 1.29 is 9.94 Å². The average molecular weight is 309 g/mol. The number of rotatable bonds is 5. The molecule has 1 aromatic carbocycles. The molecule has 1 atom stereocenters. The van der Waals surface area contributed by atoms with Crippen molar-refractivity contribution >= 4 is 23.3 Å². The first-order valence-corrected chi connectivity index (χ1v) is 8.33. The summed E-state index contributed by atoms with van der Waals surface area (Å²) in [5.41, 5.74) is 7.66. The molecular weight excluding hydrogens is 286 g/mol. The first-order chi connectivity index (χ1) is 10.2. The highest BCUT2D eigenvalue weighted by atomic mass is 32.2. The number of hydrogen-bond donors (Lipinski definition) is 2. The van der Waals surface area contributed by atoms with E-state index < -0.39 is 0 Å². The van der Waals surface area contributed by atoms with Gasteiger partial charge in [0.2, 0.25) is 0 Å². The van der Waals surface area contributed by atoms with Crippen molar-refractivity contribution in [2.24, 2.45) is 16.8 Å². The van der Waals surface area contributed by atoms with Crippen molar-refractivity contribution in [3.05, 3.63) is 23.8 Å². The van der Waals surface area contributed by atoms with Crippen molar-refractivity contribution in [2.45, 2.75) is 17.7 Å². The standard InChI is InChI=1S/C15H23N3O2S/c1-18(9-11-5-4-8-20-10-11)12-6-3-7-13(21-2)14(12)15(16)17-19/h3,6-7,11,19H,4-5,8-10H2,1-2H3,(H2,16,17). The lowest BCUT2D eigenvalue weighted by Crippen LogP contribution is -2.32. The van der Waals surface area contributed by atoms with E-state index >= 15 is 0 Å². The molecule has 0 amide bonds. The van der Waals surface area contributed by atoms with Crippen molar-refractivity contribution in [2.75, 3.05) is 38.0 Å². The molecule has 1 aliphatic heterocycles. The fraction of sp³-hybridized carbons (Fsp3) is 0.533. The topological polar surface area (TPSA) is 71.1 Å². The van der Waals surface area contributed by atoms with Gasteiger partial charge >= 0.3 is 0 Å². The summed E-state index contributed by atoms with van der Waals surface area (Å²) in [5, 5.41) is 12.2. The van der Waals surface area contributed by atoms with E-state index in [0.29, 0.717) is 5.92 Å². The summed E-state index contributed by atoms with van der Waals surface area (Å²) in [7, 11) is 2.04. The quantitative estimate of drug-likeness (QED) is 0.287. The van der Waals surface area contributed by atoms with E-state index in [2.05, 4.69) is 10.1 Å². The molecule has 1 heterocycles. The minimum absolute atomic E-state index is 0.154. The van der Waals surface area contributed by atoms with Crippen molar-refractivity contribution in [3.63, 3.8) is 0 Å². The molecular formula is C15H23N3O2S. The van der Waals surface area contributed by atoms with Gasteiger partial charge in [-0.2, -0.15) is 0 Å². The normalized spacial score (nSPS) is 19.5. The van der Waals surface area contributed by atoms with Crippen LogP contribution in [-0.4, -0.2) is 44.1 Å². The summed E-state index contributed by atoms with van der Waals surface area (Å²) in [6, 6.07) is 6.00. The molecule has 116 valence electrons. The third kappa shape index (κ3) is 3.83. The van der Waals surface area contributed by atoms with E-state index in [1.807, 2.05) is 31.5 Å². The third-order valence-corrected chi connectivity index (χ3v) is 4.57. The molecule has 1 aliphatic rings. The molecule has 3 N–H and O–H groups in total. The van der Waals surface area contributed by atoms with Gasteiger partial charge in [0.15, 0.2) is 5.84 Å². The molecule has 21 heavy (non-hydrogen) atoms. The van der Waals surface area contributed by atoms with Crippen LogP contribution in [0.4, 0.5) is 5.69 Å². The van der Waals surface area contributed by atoms with Crippen molar-refractivity contribution in [1.29, 1.82) is 0 Å². The number of hydrogen-bond acceptors (Lipinski definition) is 5. The fourth-order valence-corrected chi connectivity index (χ4v) is 3.38. The van der Waals surface area contributed by atoms with Crippen LogP contribution < -0.4 is 10.6 Å². The second-order valence-corrected chi connectivity index (χ2v) is 6.15. The van der Waals surface area contributed by atoms with Crippen molar-refractivity contribution in [1.82, 2.24) is 0 Å². The second-order valence-electron chi connectivity index (χ2n) is 5.30. The van der Waals surface area contributed by atoms with Crippen LogP contribution in [0.5, 0.6) is 0 Å². The number of ether oxygens (including phenoxy) is 1. The molecule has 0 spiro atoms. The van der Waals surface area contributed by atoms with Crippen LogP contribution in [0.1, 0.15) is 18.4 Å². The summed E-state index contributed by atoms with van der Waals surface area (Å²) < 4.78 is 5.54. The van der Waals surface area contributed by atoms with Gasteiger partial charge in [-0.3, -0.25) is 0 Å². The Kier molecular flexibility index (Phi) is 5.76. The van der Waals surface area contributed by atoms with Gasteiger partial charge in [0, 0.05) is 30.8 Å². The Balaban J connectivity index is 2.24. The van der Waals surface area contributed by atoms with E-state index in [4.69, 9.17) is 15.7 Å². The van der Waals surface area contributed by atoms with Gasteiger partial charge in [-0.15, -0.1) is 11.8 Å². The minimum Gasteiger partial charge on any atom is -0.409 e. The Morgan fingerprint density at radius 2 is 2.38 bits per heavy atom. The Morgan fingerprint density at radius 3 is 3.00 bits per heavy atom. The lowest BCUT2D eigenvalue weighted by atomic mass is 10.0. The highest BCUT2D eigenvalue weighted by molar-refractivity contribution is 7.98. The maximum Gasteiger partial charge on any atom is 0.173 e. The lowest BCUT2D eigenvalue weighted by molar-refractivity contribution is 0.0576. The van der Waals surface area contributed by atoms with Crippen LogP contribution in [0.2, 0.25) is 0 Å². The molecule has 0 bridgehead atoms. The van der Waals surface area contributed by atoms with Gasteiger partial charge < -0.3 is 20.6 Å². The average Bonchev–Trinajstić information content (AvgIpc) is 2.54. The zero-order valence-corrected chi connectivity index (χ0v) is 13.4. The molecule has 1 saturated heterocycles. The largest absolute Gasteiger partial charge is 0.409 e. The van der Waals surface area contributed by atoms with E-state index in [-0.39, 0.29) is 5.84 Å². The number of amidine groups is 1. The number of anilines is 1. The Labute approximate surface area is 130 Å². The van der Waals surface area contributed by atoms with Crippen LogP contribution in [0, 0.1) is 5.92 Å². The van der Waals surface area contributed by atoms with E-state index in [9.17, 15) is 0 Å². The highest BCUT2D eigenvalue weighted by Gasteiger charge is 2.20. The second kappa shape index (κ2) is 7.56. The Morgan fingerprint density at radius 1 is 1.57 bits per heavy atom. The van der Waals surface area contributed by atoms with Gasteiger partial charge in [0.1, 0.15) is 0 Å². The number of benzene rings is 1. The summed E-state index contributed by atoms with van der Waals surface area (Å²) in [6.07, 6.45) is 4.30. The minimum atomic E-state index is 0.154. The first-order valence-electron chi connectivity index (χ1n) is 7.11. The lowest BCUT2D eigenvalue weighted by Gasteiger charge is -2.30. The summed E-state index contributed by atoms with van der Waals surface area (Å²) >= 11 is 1.59. The molecule has 1 fully saturated rings. The zero-order chi connectivity index (χ0) is 15.2. The van der Waals surface area contributed by atoms with E-state index in [1.165, 1.54) is 6.42 Å². The number of nitrogens with two attached hydrogens (primary N) is 1. The molecule has 0 aliphatic carbocycles. The van der Waals surface area contributed by atoms with Gasteiger partial charge in [-0.1, -0.05) is 11.2 Å². The van der Waals surface area contributed by atoms with Crippen molar-refractivity contribution in [3.8, 4) is 0 Å². The monoisotopic (exact) mass is 309 g/mol. The van der Waals surface area contributed by atoms with Gasteiger partial charge in [0.05, 0.1) is 12.2 Å². The summed E-state index contributed by atoms with van der Waals surface area (Å²) in [6.45, 7) is 2.59. The van der Waals surface area contributed by atoms with Crippen LogP contribution in [0.25, 0.3) is 0 Å². The maximum atomic E-state index is 9.05. The van der Waals surface area contributed by atoms with Gasteiger partial charge in [-0.05, 0) is 37.1 Å². The first kappa shape index (κ1) is 16.0. The molecule has 6 heteroatoms. The summed E-state index contributed by atoms with van der Waals surface area (Å²) in [5.74, 6) is 0.684. The van der Waals surface area contributed by atoms with Crippen LogP contribution in [0.3, 0.4) is 0 Å². The summed E-state index contributed by atoms with van der Waals surface area (Å²) in [4.78, 5) is 3.18. The molecule has 0 aromatic heterocycles. The molecule has 1 aromatic rings. The zero-order valence-electron chi connectivity index (χ0n) is 12.6. The van der Waals surface area contributed by atoms with E-state index in [1.54, 1.807) is 11.8 Å². The third-order valence-electron chi connectivity index (χ3n) is 3.79. The molecule has 1 unspecified atom stereocenters. The molecule has 0 saturated carbocycles. The number of nitrogens with zero attached hydrogens (tertiary/aromatic N) is 2. The molecule has 0 radical (unpaired) electrons. The van der Waals surface area contributed by atoms with Crippen LogP contribution in [0.15, 0.2) is 28.3 Å². The van der Waals surface area contributed by atoms with Gasteiger partial charge in [-0.25, -0.2) is 0 Å². The maximum absolute atomic E-state index is 9.05. The fourth-order valence-electron chi connectivity index (χ4n) is 2.75. The highest BCUT2D eigenvalue weighted by Crippen LogP contribution is 2.30.